The van der Waals surface area contributed by atoms with Crippen LogP contribution in [0.3, 0.4) is 0 Å². The maximum Gasteiger partial charge on any atom is 0.325 e. The number of hydrogen-bond acceptors (Lipinski definition) is 4. The number of ether oxygens (including phenoxy) is 1. The Morgan fingerprint density at radius 1 is 1.03 bits per heavy atom. The van der Waals surface area contributed by atoms with Crippen LogP contribution in [-0.2, 0) is 10.3 Å². The fourth-order valence-electron chi connectivity index (χ4n) is 3.86. The zero-order valence-corrected chi connectivity index (χ0v) is 19.0. The quantitative estimate of drug-likeness (QED) is 0.523. The Hall–Kier alpha value is -3.15. The summed E-state index contributed by atoms with van der Waals surface area (Å²) in [7, 11) is 1.56. The highest BCUT2D eigenvalue weighted by Gasteiger charge is 2.49. The van der Waals surface area contributed by atoms with Gasteiger partial charge in [0, 0.05) is 5.56 Å². The number of carbonyl (C=O) groups is 3. The summed E-state index contributed by atoms with van der Waals surface area (Å²) in [6, 6.07) is 12.2. The molecule has 164 valence electrons. The van der Waals surface area contributed by atoms with Crippen molar-refractivity contribution in [2.45, 2.75) is 52.0 Å². The Kier molecular flexibility index (Phi) is 6.20. The Morgan fingerprint density at radius 2 is 1.68 bits per heavy atom. The molecular formula is C25H30N2O4. The van der Waals surface area contributed by atoms with Crippen molar-refractivity contribution < 1.29 is 19.1 Å². The monoisotopic (exact) mass is 422 g/mol. The van der Waals surface area contributed by atoms with Gasteiger partial charge in [-0.3, -0.25) is 14.5 Å². The second-order valence-electron chi connectivity index (χ2n) is 8.75. The standard InChI is InChI=1S/C25H30N2O4/c1-15(2)17-7-12-20(21(13-17)16(3)4)22(28)14-27-23(29)25(5,26-24(27)30)18-8-10-19(31-6)11-9-18/h7-13,15-16H,14H2,1-6H3,(H,26,30). The minimum absolute atomic E-state index is 0.144. The average Bonchev–Trinajstić information content (AvgIpc) is 2.97. The number of carbonyl (C=O) groups excluding carboxylic acids is 3. The van der Waals surface area contributed by atoms with E-state index in [4.69, 9.17) is 4.74 Å². The molecule has 1 heterocycles. The molecule has 1 saturated heterocycles. The van der Waals surface area contributed by atoms with Crippen molar-refractivity contribution in [1.29, 1.82) is 0 Å². The Balaban J connectivity index is 1.86. The molecule has 0 saturated carbocycles. The number of nitrogens with one attached hydrogen (secondary N) is 1. The Bertz CT molecular complexity index is 1010. The number of benzene rings is 2. The maximum atomic E-state index is 13.2. The number of rotatable bonds is 7. The molecule has 2 aromatic rings. The fourth-order valence-corrected chi connectivity index (χ4v) is 3.86. The predicted molar refractivity (Wildman–Crippen MR) is 120 cm³/mol. The van der Waals surface area contributed by atoms with E-state index in [9.17, 15) is 14.4 Å². The first-order valence-electron chi connectivity index (χ1n) is 10.5. The topological polar surface area (TPSA) is 75.7 Å². The highest BCUT2D eigenvalue weighted by Crippen LogP contribution is 2.31. The van der Waals surface area contributed by atoms with E-state index in [1.807, 2.05) is 26.0 Å². The Labute approximate surface area is 183 Å². The van der Waals surface area contributed by atoms with E-state index >= 15 is 0 Å². The van der Waals surface area contributed by atoms with Gasteiger partial charge < -0.3 is 10.1 Å². The molecule has 3 amide bonds. The van der Waals surface area contributed by atoms with Gasteiger partial charge in [0.1, 0.15) is 11.3 Å². The van der Waals surface area contributed by atoms with Crippen LogP contribution in [-0.4, -0.2) is 36.3 Å². The van der Waals surface area contributed by atoms with Gasteiger partial charge in [-0.1, -0.05) is 58.0 Å². The lowest BCUT2D eigenvalue weighted by molar-refractivity contribution is -0.130. The molecule has 1 atom stereocenters. The molecule has 0 aliphatic carbocycles. The molecule has 0 bridgehead atoms. The summed E-state index contributed by atoms with van der Waals surface area (Å²) in [5.41, 5.74) is 2.04. The van der Waals surface area contributed by atoms with E-state index in [1.165, 1.54) is 0 Å². The molecule has 1 aliphatic heterocycles. The highest BCUT2D eigenvalue weighted by atomic mass is 16.5. The highest BCUT2D eigenvalue weighted by molar-refractivity contribution is 6.11. The normalized spacial score (nSPS) is 18.6. The number of Topliss-reactive ketones (excluding diaryl/α,β-unsaturated/α-hetero) is 1. The van der Waals surface area contributed by atoms with Crippen molar-refractivity contribution in [2.24, 2.45) is 0 Å². The maximum absolute atomic E-state index is 13.2. The first-order chi connectivity index (χ1) is 14.6. The number of methoxy groups -OCH3 is 1. The average molecular weight is 423 g/mol. The van der Waals surface area contributed by atoms with Gasteiger partial charge in [-0.25, -0.2) is 4.79 Å². The summed E-state index contributed by atoms with van der Waals surface area (Å²) < 4.78 is 5.16. The van der Waals surface area contributed by atoms with Gasteiger partial charge in [-0.2, -0.15) is 0 Å². The van der Waals surface area contributed by atoms with Gasteiger partial charge in [-0.15, -0.1) is 0 Å². The summed E-state index contributed by atoms with van der Waals surface area (Å²) >= 11 is 0. The van der Waals surface area contributed by atoms with E-state index < -0.39 is 17.5 Å². The predicted octanol–water partition coefficient (Wildman–Crippen LogP) is 4.59. The van der Waals surface area contributed by atoms with Crippen molar-refractivity contribution in [3.63, 3.8) is 0 Å². The van der Waals surface area contributed by atoms with E-state index in [1.54, 1.807) is 38.3 Å². The van der Waals surface area contributed by atoms with Crippen LogP contribution < -0.4 is 10.1 Å². The zero-order valence-electron chi connectivity index (χ0n) is 19.0. The molecule has 2 aromatic carbocycles. The summed E-state index contributed by atoms with van der Waals surface area (Å²) in [5.74, 6) is 0.452. The number of amides is 3. The summed E-state index contributed by atoms with van der Waals surface area (Å²) in [6.45, 7) is 9.63. The van der Waals surface area contributed by atoms with Crippen LogP contribution in [0.15, 0.2) is 42.5 Å². The van der Waals surface area contributed by atoms with Crippen LogP contribution in [0.5, 0.6) is 5.75 Å². The van der Waals surface area contributed by atoms with Crippen LogP contribution in [0.1, 0.15) is 73.5 Å². The molecule has 1 unspecified atom stereocenters. The van der Waals surface area contributed by atoms with Crippen LogP contribution in [0.4, 0.5) is 4.79 Å². The number of ketones is 1. The van der Waals surface area contributed by atoms with Crippen LogP contribution in [0.2, 0.25) is 0 Å². The number of nitrogens with zero attached hydrogens (tertiary/aromatic N) is 1. The molecule has 0 spiro atoms. The van der Waals surface area contributed by atoms with Crippen molar-refractivity contribution in [3.8, 4) is 5.75 Å². The largest absolute Gasteiger partial charge is 0.497 e. The molecule has 1 aliphatic rings. The lowest BCUT2D eigenvalue weighted by Gasteiger charge is -2.22. The van der Waals surface area contributed by atoms with Gasteiger partial charge in [0.2, 0.25) is 0 Å². The first-order valence-corrected chi connectivity index (χ1v) is 10.5. The summed E-state index contributed by atoms with van der Waals surface area (Å²) in [6.07, 6.45) is 0. The number of imide groups is 1. The number of urea groups is 1. The van der Waals surface area contributed by atoms with Crippen molar-refractivity contribution >= 4 is 17.7 Å². The summed E-state index contributed by atoms with van der Waals surface area (Å²) in [5, 5.41) is 2.75. The second-order valence-corrected chi connectivity index (χ2v) is 8.75. The molecule has 6 nitrogen and oxygen atoms in total. The summed E-state index contributed by atoms with van der Waals surface area (Å²) in [4.78, 5) is 40.0. The lowest BCUT2D eigenvalue weighted by atomic mass is 9.89. The Morgan fingerprint density at radius 3 is 2.23 bits per heavy atom. The number of hydrogen-bond donors (Lipinski definition) is 1. The van der Waals surface area contributed by atoms with Crippen LogP contribution in [0.25, 0.3) is 0 Å². The SMILES string of the molecule is COc1ccc(C2(C)NC(=O)N(CC(=O)c3ccc(C(C)C)cc3C(C)C)C2=O)cc1. The third-order valence-electron chi connectivity index (χ3n) is 5.91. The van der Waals surface area contributed by atoms with E-state index in [0.717, 1.165) is 16.0 Å². The lowest BCUT2D eigenvalue weighted by Crippen LogP contribution is -2.41. The molecule has 1 N–H and O–H groups in total. The van der Waals surface area contributed by atoms with Gasteiger partial charge in [-0.05, 0) is 47.6 Å². The third kappa shape index (κ3) is 4.20. The molecule has 0 aromatic heterocycles. The first kappa shape index (κ1) is 22.5. The van der Waals surface area contributed by atoms with Crippen molar-refractivity contribution in [2.75, 3.05) is 13.7 Å². The van der Waals surface area contributed by atoms with E-state index in [0.29, 0.717) is 22.8 Å². The molecule has 0 radical (unpaired) electrons. The molecule has 31 heavy (non-hydrogen) atoms. The third-order valence-corrected chi connectivity index (χ3v) is 5.91. The molecule has 3 rings (SSSR count). The van der Waals surface area contributed by atoms with Gasteiger partial charge in [0.25, 0.3) is 5.91 Å². The minimum Gasteiger partial charge on any atom is -0.497 e. The zero-order chi connectivity index (χ0) is 22.9. The molecule has 1 fully saturated rings. The van der Waals surface area contributed by atoms with E-state index in [2.05, 4.69) is 25.2 Å². The van der Waals surface area contributed by atoms with E-state index in [-0.39, 0.29) is 18.2 Å². The fraction of sp³-hybridized carbons (Fsp3) is 0.400. The van der Waals surface area contributed by atoms with Crippen molar-refractivity contribution in [3.05, 3.63) is 64.7 Å². The van der Waals surface area contributed by atoms with Gasteiger partial charge in [0.05, 0.1) is 13.7 Å². The van der Waals surface area contributed by atoms with Crippen molar-refractivity contribution in [1.82, 2.24) is 10.2 Å². The smallest absolute Gasteiger partial charge is 0.325 e. The van der Waals surface area contributed by atoms with Gasteiger partial charge in [0.15, 0.2) is 5.78 Å². The molecular weight excluding hydrogens is 392 g/mol. The minimum atomic E-state index is -1.23. The second kappa shape index (κ2) is 8.53. The van der Waals surface area contributed by atoms with Gasteiger partial charge >= 0.3 is 6.03 Å². The van der Waals surface area contributed by atoms with Crippen LogP contribution in [0, 0.1) is 0 Å². The van der Waals surface area contributed by atoms with Crippen LogP contribution >= 0.6 is 0 Å². The molecule has 6 heteroatoms.